The summed E-state index contributed by atoms with van der Waals surface area (Å²) >= 11 is 6.87. The van der Waals surface area contributed by atoms with Gasteiger partial charge in [0.1, 0.15) is 17.4 Å². The first kappa shape index (κ1) is 14.1. The van der Waals surface area contributed by atoms with Crippen molar-refractivity contribution in [3.63, 3.8) is 0 Å². The van der Waals surface area contributed by atoms with E-state index in [1.54, 1.807) is 11.6 Å². The molecule has 0 atom stereocenters. The van der Waals surface area contributed by atoms with Gasteiger partial charge >= 0.3 is 6.18 Å². The second-order valence-corrected chi connectivity index (χ2v) is 4.92. The SMILES string of the molecule is FC(F)(F)c1cc(CCl)ccc1OCc1nccs1. The van der Waals surface area contributed by atoms with Crippen LogP contribution in [0.1, 0.15) is 16.1 Å². The molecular formula is C12H9ClF3NOS. The van der Waals surface area contributed by atoms with Gasteiger partial charge in [-0.1, -0.05) is 6.07 Å². The highest BCUT2D eigenvalue weighted by Crippen LogP contribution is 2.37. The van der Waals surface area contributed by atoms with Crippen LogP contribution in [-0.4, -0.2) is 4.98 Å². The van der Waals surface area contributed by atoms with Gasteiger partial charge in [-0.25, -0.2) is 4.98 Å². The van der Waals surface area contributed by atoms with Crippen molar-refractivity contribution in [3.8, 4) is 5.75 Å². The summed E-state index contributed by atoms with van der Waals surface area (Å²) in [5, 5.41) is 2.36. The fraction of sp³-hybridized carbons (Fsp3) is 0.250. The zero-order valence-corrected chi connectivity index (χ0v) is 11.1. The lowest BCUT2D eigenvalue weighted by atomic mass is 10.1. The van der Waals surface area contributed by atoms with Gasteiger partial charge in [0.25, 0.3) is 0 Å². The monoisotopic (exact) mass is 307 g/mol. The summed E-state index contributed by atoms with van der Waals surface area (Å²) in [5.74, 6) is -0.188. The average molecular weight is 308 g/mol. The Labute approximate surface area is 116 Å². The topological polar surface area (TPSA) is 22.1 Å². The van der Waals surface area contributed by atoms with Crippen molar-refractivity contribution >= 4 is 22.9 Å². The van der Waals surface area contributed by atoms with Crippen LogP contribution in [0.4, 0.5) is 13.2 Å². The summed E-state index contributed by atoms with van der Waals surface area (Å²) in [5.41, 5.74) is -0.419. The number of aromatic nitrogens is 1. The highest BCUT2D eigenvalue weighted by atomic mass is 35.5. The number of rotatable bonds is 4. The van der Waals surface area contributed by atoms with Gasteiger partial charge in [0, 0.05) is 17.5 Å². The first-order valence-corrected chi connectivity index (χ1v) is 6.69. The maximum Gasteiger partial charge on any atom is 0.419 e. The first-order chi connectivity index (χ1) is 9.00. The Bertz CT molecular complexity index is 542. The maximum absolute atomic E-state index is 12.9. The van der Waals surface area contributed by atoms with E-state index in [0.717, 1.165) is 6.07 Å². The Hall–Kier alpha value is -1.27. The van der Waals surface area contributed by atoms with Gasteiger partial charge in [-0.3, -0.25) is 0 Å². The van der Waals surface area contributed by atoms with Crippen molar-refractivity contribution in [1.29, 1.82) is 0 Å². The van der Waals surface area contributed by atoms with E-state index in [1.165, 1.54) is 23.5 Å². The molecule has 0 aliphatic carbocycles. The standard InChI is InChI=1S/C12H9ClF3NOS/c13-6-8-1-2-10(9(5-8)12(14,15)16)18-7-11-17-3-4-19-11/h1-5H,6-7H2. The Balaban J connectivity index is 2.23. The van der Waals surface area contributed by atoms with Gasteiger partial charge in [-0.05, 0) is 17.7 Å². The Morgan fingerprint density at radius 3 is 2.68 bits per heavy atom. The number of benzene rings is 1. The molecular weight excluding hydrogens is 299 g/mol. The second kappa shape index (κ2) is 5.79. The summed E-state index contributed by atoms with van der Waals surface area (Å²) in [6.07, 6.45) is -2.90. The van der Waals surface area contributed by atoms with Crippen LogP contribution in [0.2, 0.25) is 0 Å². The third-order valence-electron chi connectivity index (χ3n) is 2.34. The minimum atomic E-state index is -4.47. The van der Waals surface area contributed by atoms with E-state index >= 15 is 0 Å². The second-order valence-electron chi connectivity index (χ2n) is 3.68. The largest absolute Gasteiger partial charge is 0.486 e. The van der Waals surface area contributed by atoms with Gasteiger partial charge in [0.2, 0.25) is 0 Å². The lowest BCUT2D eigenvalue weighted by Gasteiger charge is -2.14. The van der Waals surface area contributed by atoms with Crippen molar-refractivity contribution in [1.82, 2.24) is 4.98 Å². The number of hydrogen-bond acceptors (Lipinski definition) is 3. The van der Waals surface area contributed by atoms with E-state index in [0.29, 0.717) is 10.6 Å². The Morgan fingerprint density at radius 2 is 2.11 bits per heavy atom. The predicted molar refractivity (Wildman–Crippen MR) is 67.4 cm³/mol. The lowest BCUT2D eigenvalue weighted by molar-refractivity contribution is -0.139. The minimum Gasteiger partial charge on any atom is -0.486 e. The summed E-state index contributed by atoms with van der Waals surface area (Å²) < 4.78 is 43.9. The van der Waals surface area contributed by atoms with E-state index in [-0.39, 0.29) is 18.2 Å². The number of halogens is 4. The number of ether oxygens (including phenoxy) is 1. The quantitative estimate of drug-likeness (QED) is 0.777. The van der Waals surface area contributed by atoms with Gasteiger partial charge in [-0.2, -0.15) is 13.2 Å². The molecule has 7 heteroatoms. The molecule has 2 nitrogen and oxygen atoms in total. The van der Waals surface area contributed by atoms with E-state index < -0.39 is 11.7 Å². The molecule has 0 fully saturated rings. The van der Waals surface area contributed by atoms with Gasteiger partial charge < -0.3 is 4.74 Å². The average Bonchev–Trinajstić information content (AvgIpc) is 2.88. The van der Waals surface area contributed by atoms with Gasteiger partial charge in [0.05, 0.1) is 5.56 Å². The lowest BCUT2D eigenvalue weighted by Crippen LogP contribution is -2.09. The number of nitrogens with zero attached hydrogens (tertiary/aromatic N) is 1. The molecule has 0 saturated heterocycles. The van der Waals surface area contributed by atoms with E-state index in [9.17, 15) is 13.2 Å². The number of alkyl halides is 4. The van der Waals surface area contributed by atoms with Crippen molar-refractivity contribution in [2.24, 2.45) is 0 Å². The molecule has 2 aromatic rings. The summed E-state index contributed by atoms with van der Waals surface area (Å²) in [6.45, 7) is 0.0148. The third-order valence-corrected chi connectivity index (χ3v) is 3.40. The summed E-state index contributed by atoms with van der Waals surface area (Å²) in [6, 6.07) is 3.80. The highest BCUT2D eigenvalue weighted by molar-refractivity contribution is 7.09. The van der Waals surface area contributed by atoms with Crippen LogP contribution in [0.3, 0.4) is 0 Å². The van der Waals surface area contributed by atoms with Crippen LogP contribution in [0.15, 0.2) is 29.8 Å². The van der Waals surface area contributed by atoms with Crippen LogP contribution in [0.25, 0.3) is 0 Å². The van der Waals surface area contributed by atoms with Crippen molar-refractivity contribution in [2.75, 3.05) is 0 Å². The predicted octanol–water partition coefficient (Wildman–Crippen LogP) is 4.48. The van der Waals surface area contributed by atoms with Crippen LogP contribution in [0.5, 0.6) is 5.75 Å². The molecule has 0 spiro atoms. The van der Waals surface area contributed by atoms with E-state index in [4.69, 9.17) is 16.3 Å². The molecule has 1 aromatic heterocycles. The summed E-state index contributed by atoms with van der Waals surface area (Å²) in [4.78, 5) is 3.95. The molecule has 0 bridgehead atoms. The highest BCUT2D eigenvalue weighted by Gasteiger charge is 2.34. The van der Waals surface area contributed by atoms with Crippen LogP contribution < -0.4 is 4.74 Å². The Kier molecular flexibility index (Phi) is 4.31. The normalized spacial score (nSPS) is 11.6. The van der Waals surface area contributed by atoms with Gasteiger partial charge in [0.15, 0.2) is 0 Å². The molecule has 0 aliphatic heterocycles. The molecule has 1 heterocycles. The molecule has 2 rings (SSSR count). The molecule has 1 aromatic carbocycles. The summed E-state index contributed by atoms with van der Waals surface area (Å²) in [7, 11) is 0. The molecule has 0 radical (unpaired) electrons. The molecule has 0 aliphatic rings. The molecule has 0 saturated carbocycles. The van der Waals surface area contributed by atoms with E-state index in [2.05, 4.69) is 4.98 Å². The Morgan fingerprint density at radius 1 is 1.32 bits per heavy atom. The molecule has 19 heavy (non-hydrogen) atoms. The molecule has 102 valence electrons. The smallest absolute Gasteiger partial charge is 0.419 e. The fourth-order valence-corrected chi connectivity index (χ4v) is 2.17. The zero-order chi connectivity index (χ0) is 13.9. The number of thiazole rings is 1. The molecule has 0 N–H and O–H groups in total. The number of hydrogen-bond donors (Lipinski definition) is 0. The van der Waals surface area contributed by atoms with Crippen LogP contribution >= 0.6 is 22.9 Å². The molecule has 0 unspecified atom stereocenters. The zero-order valence-electron chi connectivity index (χ0n) is 9.58. The van der Waals surface area contributed by atoms with Gasteiger partial charge in [-0.15, -0.1) is 22.9 Å². The van der Waals surface area contributed by atoms with Crippen LogP contribution in [-0.2, 0) is 18.7 Å². The van der Waals surface area contributed by atoms with Crippen LogP contribution in [0, 0.1) is 0 Å². The maximum atomic E-state index is 12.9. The van der Waals surface area contributed by atoms with Crippen molar-refractivity contribution < 1.29 is 17.9 Å². The molecule has 0 amide bonds. The van der Waals surface area contributed by atoms with Crippen molar-refractivity contribution in [3.05, 3.63) is 45.9 Å². The van der Waals surface area contributed by atoms with Crippen molar-refractivity contribution in [2.45, 2.75) is 18.7 Å². The minimum absolute atomic E-state index is 0.0148. The third kappa shape index (κ3) is 3.61. The first-order valence-electron chi connectivity index (χ1n) is 5.28. The fourth-order valence-electron chi connectivity index (χ4n) is 1.47. The van der Waals surface area contributed by atoms with E-state index in [1.807, 2.05) is 0 Å².